The lowest BCUT2D eigenvalue weighted by Gasteiger charge is -2.10. The van der Waals surface area contributed by atoms with E-state index in [-0.39, 0.29) is 36.0 Å². The van der Waals surface area contributed by atoms with Crippen molar-refractivity contribution in [3.8, 4) is 5.75 Å². The number of hydrogen-bond donors (Lipinski definition) is 2. The van der Waals surface area contributed by atoms with Crippen molar-refractivity contribution < 1.29 is 23.0 Å². The van der Waals surface area contributed by atoms with Crippen LogP contribution in [0.4, 0.5) is 14.5 Å². The highest BCUT2D eigenvalue weighted by molar-refractivity contribution is 6.02. The lowest BCUT2D eigenvalue weighted by Crippen LogP contribution is -2.18. The SMILES string of the molecule is C/N=C(/N)OCCc1cc(NC(=O)c2ccc(OC)cn2)cc(F)c1F. The third-order valence-electron chi connectivity index (χ3n) is 3.41. The molecule has 138 valence electrons. The number of anilines is 1. The number of carbonyl (C=O) groups excluding carboxylic acids is 1. The molecule has 0 atom stereocenters. The molecule has 0 saturated carbocycles. The molecule has 0 fully saturated rings. The van der Waals surface area contributed by atoms with Gasteiger partial charge in [0.25, 0.3) is 11.9 Å². The second-order valence-electron chi connectivity index (χ2n) is 5.13. The molecule has 1 heterocycles. The molecule has 0 spiro atoms. The molecule has 0 aliphatic carbocycles. The van der Waals surface area contributed by atoms with Crippen LogP contribution >= 0.6 is 0 Å². The third kappa shape index (κ3) is 4.88. The number of pyridine rings is 1. The molecule has 1 aromatic carbocycles. The van der Waals surface area contributed by atoms with E-state index in [4.69, 9.17) is 15.2 Å². The first-order valence-corrected chi connectivity index (χ1v) is 7.59. The van der Waals surface area contributed by atoms with Gasteiger partial charge in [0.05, 0.1) is 19.9 Å². The first-order valence-electron chi connectivity index (χ1n) is 7.59. The quantitative estimate of drug-likeness (QED) is 0.604. The van der Waals surface area contributed by atoms with Crippen molar-refractivity contribution in [3.05, 3.63) is 53.4 Å². The molecule has 7 nitrogen and oxygen atoms in total. The van der Waals surface area contributed by atoms with Crippen molar-refractivity contribution in [3.63, 3.8) is 0 Å². The van der Waals surface area contributed by atoms with E-state index >= 15 is 0 Å². The fourth-order valence-electron chi connectivity index (χ4n) is 2.06. The van der Waals surface area contributed by atoms with Crippen LogP contribution in [0, 0.1) is 11.6 Å². The molecule has 26 heavy (non-hydrogen) atoms. The van der Waals surface area contributed by atoms with Gasteiger partial charge in [-0.15, -0.1) is 0 Å². The van der Waals surface area contributed by atoms with Crippen LogP contribution in [0.3, 0.4) is 0 Å². The maximum absolute atomic E-state index is 13.9. The highest BCUT2D eigenvalue weighted by atomic mass is 19.2. The van der Waals surface area contributed by atoms with Crippen LogP contribution in [0.5, 0.6) is 5.75 Å². The average Bonchev–Trinajstić information content (AvgIpc) is 2.65. The molecule has 1 amide bonds. The highest BCUT2D eigenvalue weighted by Gasteiger charge is 2.14. The monoisotopic (exact) mass is 364 g/mol. The maximum Gasteiger partial charge on any atom is 0.281 e. The summed E-state index contributed by atoms with van der Waals surface area (Å²) in [6, 6.07) is 5.18. The number of halogens is 2. The summed E-state index contributed by atoms with van der Waals surface area (Å²) in [5.41, 5.74) is 5.61. The van der Waals surface area contributed by atoms with E-state index in [1.165, 1.54) is 32.5 Å². The number of rotatable bonds is 6. The van der Waals surface area contributed by atoms with Crippen LogP contribution in [0.15, 0.2) is 35.5 Å². The number of nitrogens with two attached hydrogens (primary N) is 1. The number of hydrogen-bond acceptors (Lipinski definition) is 5. The fourth-order valence-corrected chi connectivity index (χ4v) is 2.06. The number of ether oxygens (including phenoxy) is 2. The summed E-state index contributed by atoms with van der Waals surface area (Å²) in [7, 11) is 2.92. The van der Waals surface area contributed by atoms with Gasteiger partial charge in [-0.05, 0) is 23.8 Å². The van der Waals surface area contributed by atoms with E-state index in [2.05, 4.69) is 15.3 Å². The van der Waals surface area contributed by atoms with Crippen LogP contribution in [-0.4, -0.2) is 37.7 Å². The first kappa shape index (κ1) is 19.1. The standard InChI is InChI=1S/C17H18F2N4O3/c1-21-17(20)26-6-5-10-7-11(8-13(18)15(10)19)23-16(24)14-4-3-12(25-2)9-22-14/h3-4,7-9H,5-6H2,1-2H3,(H2,20,21)(H,23,24). The van der Waals surface area contributed by atoms with E-state index in [1.54, 1.807) is 6.07 Å². The van der Waals surface area contributed by atoms with Crippen molar-refractivity contribution in [2.45, 2.75) is 6.42 Å². The van der Waals surface area contributed by atoms with Gasteiger partial charge in [-0.25, -0.2) is 18.8 Å². The van der Waals surface area contributed by atoms with Crippen molar-refractivity contribution in [1.82, 2.24) is 4.98 Å². The lowest BCUT2D eigenvalue weighted by molar-refractivity contribution is 0.102. The average molecular weight is 364 g/mol. The third-order valence-corrected chi connectivity index (χ3v) is 3.41. The van der Waals surface area contributed by atoms with Gasteiger partial charge in [-0.2, -0.15) is 0 Å². The van der Waals surface area contributed by atoms with Crippen molar-refractivity contribution in [2.75, 3.05) is 26.1 Å². The number of aromatic nitrogens is 1. The molecule has 0 aliphatic heterocycles. The van der Waals surface area contributed by atoms with Crippen LogP contribution < -0.4 is 15.8 Å². The normalized spacial score (nSPS) is 11.2. The number of nitrogens with one attached hydrogen (secondary N) is 1. The Kier molecular flexibility index (Phi) is 6.42. The second-order valence-corrected chi connectivity index (χ2v) is 5.13. The molecular formula is C17H18F2N4O3. The highest BCUT2D eigenvalue weighted by Crippen LogP contribution is 2.20. The van der Waals surface area contributed by atoms with Gasteiger partial charge in [0.15, 0.2) is 11.6 Å². The minimum Gasteiger partial charge on any atom is -0.495 e. The number of amidine groups is 1. The molecular weight excluding hydrogens is 346 g/mol. The molecule has 0 radical (unpaired) electrons. The molecule has 0 unspecified atom stereocenters. The summed E-state index contributed by atoms with van der Waals surface area (Å²) in [6.45, 7) is 0.0109. The summed E-state index contributed by atoms with van der Waals surface area (Å²) in [4.78, 5) is 19.7. The Morgan fingerprint density at radius 1 is 1.35 bits per heavy atom. The summed E-state index contributed by atoms with van der Waals surface area (Å²) in [5, 5.41) is 2.48. The van der Waals surface area contributed by atoms with E-state index in [9.17, 15) is 13.6 Å². The summed E-state index contributed by atoms with van der Waals surface area (Å²) >= 11 is 0. The van der Waals surface area contributed by atoms with Gasteiger partial charge in [0.2, 0.25) is 0 Å². The summed E-state index contributed by atoms with van der Waals surface area (Å²) in [6.07, 6.45) is 1.42. The zero-order chi connectivity index (χ0) is 19.1. The van der Waals surface area contributed by atoms with E-state index in [0.717, 1.165) is 6.07 Å². The minimum atomic E-state index is -1.09. The van der Waals surface area contributed by atoms with Crippen LogP contribution in [0.25, 0.3) is 0 Å². The van der Waals surface area contributed by atoms with Crippen molar-refractivity contribution in [2.24, 2.45) is 10.7 Å². The number of amides is 1. The minimum absolute atomic E-state index is 0.0109. The maximum atomic E-state index is 13.9. The van der Waals surface area contributed by atoms with Gasteiger partial charge in [-0.1, -0.05) is 0 Å². The van der Waals surface area contributed by atoms with Gasteiger partial charge in [0, 0.05) is 25.2 Å². The number of benzene rings is 1. The Bertz CT molecular complexity index is 810. The number of nitrogens with zero attached hydrogens (tertiary/aromatic N) is 2. The Morgan fingerprint density at radius 2 is 2.12 bits per heavy atom. The Labute approximate surface area is 148 Å². The molecule has 0 bridgehead atoms. The van der Waals surface area contributed by atoms with Gasteiger partial charge in [-0.3, -0.25) is 4.79 Å². The molecule has 9 heteroatoms. The zero-order valence-electron chi connectivity index (χ0n) is 14.3. The molecule has 2 aromatic rings. The topological polar surface area (TPSA) is 98.8 Å². The molecule has 0 aliphatic rings. The van der Waals surface area contributed by atoms with Gasteiger partial charge < -0.3 is 20.5 Å². The summed E-state index contributed by atoms with van der Waals surface area (Å²) in [5.74, 6) is -2.17. The number of methoxy groups -OCH3 is 1. The molecule has 2 rings (SSSR count). The molecule has 3 N–H and O–H groups in total. The van der Waals surface area contributed by atoms with Gasteiger partial charge in [0.1, 0.15) is 11.4 Å². The summed E-state index contributed by atoms with van der Waals surface area (Å²) < 4.78 is 37.7. The molecule has 1 aromatic heterocycles. The van der Waals surface area contributed by atoms with Crippen LogP contribution in [-0.2, 0) is 11.2 Å². The Morgan fingerprint density at radius 3 is 2.73 bits per heavy atom. The van der Waals surface area contributed by atoms with E-state index in [0.29, 0.717) is 5.75 Å². The van der Waals surface area contributed by atoms with Crippen LogP contribution in [0.1, 0.15) is 16.1 Å². The predicted octanol–water partition coefficient (Wildman–Crippen LogP) is 2.12. The van der Waals surface area contributed by atoms with Crippen molar-refractivity contribution >= 4 is 17.6 Å². The van der Waals surface area contributed by atoms with E-state index in [1.807, 2.05) is 0 Å². The lowest BCUT2D eigenvalue weighted by atomic mass is 10.1. The smallest absolute Gasteiger partial charge is 0.281 e. The van der Waals surface area contributed by atoms with Gasteiger partial charge >= 0.3 is 0 Å². The Balaban J connectivity index is 2.11. The number of aliphatic imine (C=N–C) groups is 1. The largest absolute Gasteiger partial charge is 0.495 e. The van der Waals surface area contributed by atoms with E-state index < -0.39 is 17.5 Å². The molecule has 0 saturated heterocycles. The van der Waals surface area contributed by atoms with Crippen molar-refractivity contribution in [1.29, 1.82) is 0 Å². The Hall–Kier alpha value is -3.23. The first-order chi connectivity index (χ1) is 12.4. The number of carbonyl (C=O) groups is 1. The predicted molar refractivity (Wildman–Crippen MR) is 92.3 cm³/mol. The van der Waals surface area contributed by atoms with Crippen LogP contribution in [0.2, 0.25) is 0 Å². The zero-order valence-corrected chi connectivity index (χ0v) is 14.3. The fraction of sp³-hybridized carbons (Fsp3) is 0.235. The second kappa shape index (κ2) is 8.75.